The van der Waals surface area contributed by atoms with E-state index < -0.39 is 4.87 Å². The van der Waals surface area contributed by atoms with E-state index in [4.69, 9.17) is 4.74 Å². The van der Waals surface area contributed by atoms with Crippen molar-refractivity contribution in [1.29, 1.82) is 0 Å². The van der Waals surface area contributed by atoms with Gasteiger partial charge in [-0.1, -0.05) is 48.0 Å². The maximum Gasteiger partial charge on any atom is 0.323 e. The number of urea groups is 1. The van der Waals surface area contributed by atoms with Crippen LogP contribution in [0.4, 0.5) is 16.2 Å². The number of fused-ring (bicyclic) bond motifs is 2. The number of nitrogens with zero attached hydrogens (tertiary/aromatic N) is 2. The van der Waals surface area contributed by atoms with Gasteiger partial charge in [0, 0.05) is 23.5 Å². The number of nitrogens with one attached hydrogen (secondary N) is 1. The Hall–Kier alpha value is -3.45. The highest BCUT2D eigenvalue weighted by molar-refractivity contribution is 8.01. The predicted molar refractivity (Wildman–Crippen MR) is 132 cm³/mol. The van der Waals surface area contributed by atoms with Gasteiger partial charge < -0.3 is 15.0 Å². The summed E-state index contributed by atoms with van der Waals surface area (Å²) >= 11 is 1.53. The minimum absolute atomic E-state index is 0.0701. The lowest BCUT2D eigenvalue weighted by Crippen LogP contribution is -2.51. The number of carbonyl (C=O) groups excluding carboxylic acids is 2. The number of rotatable bonds is 4. The van der Waals surface area contributed by atoms with Gasteiger partial charge in [-0.25, -0.2) is 4.79 Å². The van der Waals surface area contributed by atoms with Crippen molar-refractivity contribution in [3.8, 4) is 5.75 Å². The van der Waals surface area contributed by atoms with E-state index >= 15 is 0 Å². The molecule has 0 radical (unpaired) electrons. The second-order valence-corrected chi connectivity index (χ2v) is 9.49. The van der Waals surface area contributed by atoms with Crippen LogP contribution in [-0.4, -0.2) is 36.2 Å². The molecule has 2 heterocycles. The predicted octanol–water partition coefficient (Wildman–Crippen LogP) is 4.98. The van der Waals surface area contributed by atoms with Crippen molar-refractivity contribution in [3.05, 3.63) is 89.5 Å². The highest BCUT2D eigenvalue weighted by Crippen LogP contribution is 2.54. The third-order valence-electron chi connectivity index (χ3n) is 6.12. The van der Waals surface area contributed by atoms with Crippen LogP contribution in [0.25, 0.3) is 0 Å². The van der Waals surface area contributed by atoms with Gasteiger partial charge in [-0.2, -0.15) is 0 Å². The highest BCUT2D eigenvalue weighted by Gasteiger charge is 2.59. The Morgan fingerprint density at radius 1 is 1.09 bits per heavy atom. The van der Waals surface area contributed by atoms with Gasteiger partial charge in [-0.15, -0.1) is 11.8 Å². The number of amides is 3. The molecule has 1 N–H and O–H groups in total. The molecular weight excluding hydrogens is 434 g/mol. The summed E-state index contributed by atoms with van der Waals surface area (Å²) in [6, 6.07) is 22.9. The molecule has 2 aliphatic heterocycles. The third kappa shape index (κ3) is 3.62. The van der Waals surface area contributed by atoms with Gasteiger partial charge in [0.1, 0.15) is 5.75 Å². The lowest BCUT2D eigenvalue weighted by atomic mass is 10.0. The number of aryl methyl sites for hydroxylation is 1. The first-order valence-electron chi connectivity index (χ1n) is 10.9. The van der Waals surface area contributed by atoms with Crippen molar-refractivity contribution in [2.75, 3.05) is 29.6 Å². The first kappa shape index (κ1) is 21.4. The molecular formula is C26H25N3O3S. The third-order valence-corrected chi connectivity index (χ3v) is 7.54. The molecule has 168 valence electrons. The number of hydrogen-bond donors (Lipinski definition) is 1. The molecule has 6 nitrogen and oxygen atoms in total. The van der Waals surface area contributed by atoms with E-state index in [0.717, 1.165) is 22.4 Å². The van der Waals surface area contributed by atoms with Gasteiger partial charge in [0.05, 0.1) is 19.3 Å². The summed E-state index contributed by atoms with van der Waals surface area (Å²) in [7, 11) is 1.60. The number of benzene rings is 3. The van der Waals surface area contributed by atoms with Crippen LogP contribution in [-0.2, 0) is 16.2 Å². The minimum Gasteiger partial charge on any atom is -0.497 e. The van der Waals surface area contributed by atoms with Crippen LogP contribution < -0.4 is 15.0 Å². The lowest BCUT2D eigenvalue weighted by Gasteiger charge is -2.33. The number of thioether (sulfide) groups is 1. The van der Waals surface area contributed by atoms with E-state index in [1.807, 2.05) is 60.4 Å². The van der Waals surface area contributed by atoms with Gasteiger partial charge in [-0.3, -0.25) is 9.69 Å². The molecule has 33 heavy (non-hydrogen) atoms. The lowest BCUT2D eigenvalue weighted by molar-refractivity contribution is -0.123. The summed E-state index contributed by atoms with van der Waals surface area (Å²) in [6.45, 7) is 2.97. The molecule has 0 aromatic heterocycles. The van der Waals surface area contributed by atoms with Crippen molar-refractivity contribution < 1.29 is 14.3 Å². The zero-order chi connectivity index (χ0) is 23.0. The Labute approximate surface area is 197 Å². The quantitative estimate of drug-likeness (QED) is 0.598. The maximum atomic E-state index is 14.0. The summed E-state index contributed by atoms with van der Waals surface area (Å²) in [4.78, 5) is 29.9. The Bertz CT molecular complexity index is 1200. The van der Waals surface area contributed by atoms with E-state index in [9.17, 15) is 9.59 Å². The number of ether oxygens (including phenoxy) is 1. The molecule has 2 aliphatic rings. The van der Waals surface area contributed by atoms with E-state index in [-0.39, 0.29) is 11.9 Å². The average Bonchev–Trinajstić information content (AvgIpc) is 3.37. The summed E-state index contributed by atoms with van der Waals surface area (Å²) < 4.78 is 5.20. The van der Waals surface area contributed by atoms with Crippen LogP contribution in [0.2, 0.25) is 0 Å². The molecule has 1 atom stereocenters. The molecule has 3 aromatic rings. The van der Waals surface area contributed by atoms with Crippen LogP contribution in [0, 0.1) is 6.92 Å². The monoisotopic (exact) mass is 459 g/mol. The van der Waals surface area contributed by atoms with Gasteiger partial charge in [-0.05, 0) is 42.8 Å². The fourth-order valence-electron chi connectivity index (χ4n) is 4.52. The minimum atomic E-state index is -1.06. The number of methoxy groups -OCH3 is 1. The molecule has 3 amide bonds. The Morgan fingerprint density at radius 3 is 2.58 bits per heavy atom. The second-order valence-electron chi connectivity index (χ2n) is 8.20. The maximum absolute atomic E-state index is 14.0. The fourth-order valence-corrected chi connectivity index (χ4v) is 5.97. The van der Waals surface area contributed by atoms with Crippen molar-refractivity contribution in [1.82, 2.24) is 4.90 Å². The first-order valence-corrected chi connectivity index (χ1v) is 11.8. The summed E-state index contributed by atoms with van der Waals surface area (Å²) in [5, 5.41) is 2.96. The molecule has 7 heteroatoms. The summed E-state index contributed by atoms with van der Waals surface area (Å²) in [5.41, 5.74) is 4.52. The summed E-state index contributed by atoms with van der Waals surface area (Å²) in [6.07, 6.45) is 0. The SMILES string of the molecule is COc1ccc(NC(=O)N2CCS[C@@]23C(=O)N(Cc2ccccc2)c2ccc(C)cc23)cc1. The van der Waals surface area contributed by atoms with Crippen LogP contribution in [0.3, 0.4) is 0 Å². The highest BCUT2D eigenvalue weighted by atomic mass is 32.2. The Balaban J connectivity index is 1.50. The second kappa shape index (κ2) is 8.48. The first-order chi connectivity index (χ1) is 16.0. The van der Waals surface area contributed by atoms with Crippen LogP contribution in [0.5, 0.6) is 5.75 Å². The Kier molecular flexibility index (Phi) is 5.50. The van der Waals surface area contributed by atoms with E-state index in [2.05, 4.69) is 5.32 Å². The molecule has 0 unspecified atom stereocenters. The summed E-state index contributed by atoms with van der Waals surface area (Å²) in [5.74, 6) is 1.33. The van der Waals surface area contributed by atoms with Crippen LogP contribution in [0.1, 0.15) is 16.7 Å². The molecule has 1 saturated heterocycles. The molecule has 0 saturated carbocycles. The average molecular weight is 460 g/mol. The molecule has 0 aliphatic carbocycles. The smallest absolute Gasteiger partial charge is 0.323 e. The van der Waals surface area contributed by atoms with Gasteiger partial charge >= 0.3 is 6.03 Å². The normalized spacial score (nSPS) is 19.2. The molecule has 5 rings (SSSR count). The van der Waals surface area contributed by atoms with Crippen molar-refractivity contribution in [2.45, 2.75) is 18.3 Å². The van der Waals surface area contributed by atoms with Crippen molar-refractivity contribution >= 4 is 35.1 Å². The molecule has 3 aromatic carbocycles. The largest absolute Gasteiger partial charge is 0.497 e. The van der Waals surface area contributed by atoms with Crippen molar-refractivity contribution in [3.63, 3.8) is 0 Å². The molecule has 1 spiro atoms. The van der Waals surface area contributed by atoms with Crippen LogP contribution in [0.15, 0.2) is 72.8 Å². The number of carbonyl (C=O) groups is 2. The van der Waals surface area contributed by atoms with Crippen LogP contribution >= 0.6 is 11.8 Å². The molecule has 1 fully saturated rings. The van der Waals surface area contributed by atoms with Crippen molar-refractivity contribution in [2.24, 2.45) is 0 Å². The number of hydrogen-bond acceptors (Lipinski definition) is 4. The van der Waals surface area contributed by atoms with Gasteiger partial charge in [0.2, 0.25) is 0 Å². The topological polar surface area (TPSA) is 61.9 Å². The standard InChI is InChI=1S/C26H25N3O3S/c1-18-8-13-23-22(16-18)26(24(30)28(23)17-19-6-4-3-5-7-19)29(14-15-33-26)25(31)27-20-9-11-21(32-2)12-10-20/h3-13,16H,14-15,17H2,1-2H3,(H,27,31)/t26-/m0/s1. The Morgan fingerprint density at radius 2 is 1.85 bits per heavy atom. The fraction of sp³-hybridized carbons (Fsp3) is 0.231. The van der Waals surface area contributed by atoms with E-state index in [1.54, 1.807) is 36.3 Å². The zero-order valence-corrected chi connectivity index (χ0v) is 19.4. The van der Waals surface area contributed by atoms with Gasteiger partial charge in [0.25, 0.3) is 5.91 Å². The van der Waals surface area contributed by atoms with E-state index in [0.29, 0.717) is 30.3 Å². The van der Waals surface area contributed by atoms with E-state index in [1.165, 1.54) is 11.8 Å². The molecule has 0 bridgehead atoms. The number of anilines is 2. The van der Waals surface area contributed by atoms with Gasteiger partial charge in [0.15, 0.2) is 4.87 Å². The zero-order valence-electron chi connectivity index (χ0n) is 18.6.